The molecule has 0 heterocycles. The van der Waals surface area contributed by atoms with E-state index in [0.717, 1.165) is 24.3 Å². The van der Waals surface area contributed by atoms with Crippen LogP contribution in [0, 0.1) is 0 Å². The largest absolute Gasteiger partial charge is 0.364 e. The molecule has 0 radical (unpaired) electrons. The Kier molecular flexibility index (Phi) is 5.92. The number of carbonyl (C=O) groups excluding carboxylic acids is 1. The van der Waals surface area contributed by atoms with Gasteiger partial charge in [-0.15, -0.1) is 0 Å². The molecule has 0 aliphatic carbocycles. The molecule has 0 saturated carbocycles. The van der Waals surface area contributed by atoms with E-state index in [-0.39, 0.29) is 5.78 Å². The molecule has 0 N–H and O–H groups in total. The van der Waals surface area contributed by atoms with E-state index in [1.54, 1.807) is 6.92 Å². The van der Waals surface area contributed by atoms with Crippen LogP contribution in [0.25, 0.3) is 0 Å². The summed E-state index contributed by atoms with van der Waals surface area (Å²) in [5.74, 6) is 0.106. The Balaban J connectivity index is 2.86. The van der Waals surface area contributed by atoms with Crippen molar-refractivity contribution in [3.63, 3.8) is 0 Å². The summed E-state index contributed by atoms with van der Waals surface area (Å²) in [5, 5.41) is 0. The van der Waals surface area contributed by atoms with Crippen LogP contribution in [0.1, 0.15) is 31.1 Å². The molecule has 0 aliphatic heterocycles. The first kappa shape index (κ1) is 14.2. The highest BCUT2D eigenvalue weighted by atomic mass is 16.1. The van der Waals surface area contributed by atoms with Gasteiger partial charge in [-0.3, -0.25) is 4.79 Å². The smallest absolute Gasteiger partial charge is 0.159 e. The first-order valence-corrected chi connectivity index (χ1v) is 6.27. The number of ketones is 1. The van der Waals surface area contributed by atoms with E-state index in [4.69, 9.17) is 0 Å². The van der Waals surface area contributed by atoms with E-state index >= 15 is 0 Å². The van der Waals surface area contributed by atoms with Crippen molar-refractivity contribution < 1.29 is 4.79 Å². The molecule has 0 unspecified atom stereocenters. The summed E-state index contributed by atoms with van der Waals surface area (Å²) < 4.78 is 0. The lowest BCUT2D eigenvalue weighted by atomic mass is 10.1. The van der Waals surface area contributed by atoms with Gasteiger partial charge in [0.1, 0.15) is 0 Å². The normalized spacial score (nSPS) is 11.3. The summed E-state index contributed by atoms with van der Waals surface area (Å²) in [7, 11) is 0. The van der Waals surface area contributed by atoms with Crippen molar-refractivity contribution in [2.75, 3.05) is 18.0 Å². The molecular formula is C16H21NO. The third-order valence-corrected chi connectivity index (χ3v) is 2.76. The fourth-order valence-electron chi connectivity index (χ4n) is 1.66. The summed E-state index contributed by atoms with van der Waals surface area (Å²) in [6.07, 6.45) is 8.35. The van der Waals surface area contributed by atoms with Crippen molar-refractivity contribution in [2.24, 2.45) is 0 Å². The standard InChI is InChI=1S/C16H21NO/c1-4-6-12-17(13-7-5-2)16-10-8-15(9-11-16)14(3)18/h4-11H,12-13H2,1-3H3/b6-4+,7-5+. The second kappa shape index (κ2) is 7.49. The molecule has 18 heavy (non-hydrogen) atoms. The second-order valence-corrected chi connectivity index (χ2v) is 4.15. The fourth-order valence-corrected chi connectivity index (χ4v) is 1.66. The molecule has 0 spiro atoms. The maximum atomic E-state index is 11.2. The van der Waals surface area contributed by atoms with E-state index in [1.807, 2.05) is 50.3 Å². The van der Waals surface area contributed by atoms with Gasteiger partial charge in [-0.25, -0.2) is 0 Å². The number of nitrogens with zero attached hydrogens (tertiary/aromatic N) is 1. The van der Waals surface area contributed by atoms with Crippen LogP contribution in [-0.2, 0) is 0 Å². The average Bonchev–Trinajstić information content (AvgIpc) is 2.39. The number of hydrogen-bond acceptors (Lipinski definition) is 2. The van der Waals surface area contributed by atoms with Crippen molar-refractivity contribution in [2.45, 2.75) is 20.8 Å². The van der Waals surface area contributed by atoms with E-state index in [9.17, 15) is 4.79 Å². The molecule has 1 rings (SSSR count). The van der Waals surface area contributed by atoms with Gasteiger partial charge >= 0.3 is 0 Å². The van der Waals surface area contributed by atoms with E-state index in [1.165, 1.54) is 0 Å². The zero-order valence-corrected chi connectivity index (χ0v) is 11.4. The van der Waals surface area contributed by atoms with Gasteiger partial charge in [0.05, 0.1) is 0 Å². The Bertz CT molecular complexity index is 415. The van der Waals surface area contributed by atoms with Crippen LogP contribution in [0.4, 0.5) is 5.69 Å². The zero-order chi connectivity index (χ0) is 13.4. The molecule has 1 aromatic rings. The average molecular weight is 243 g/mol. The molecule has 0 fully saturated rings. The number of carbonyl (C=O) groups is 1. The van der Waals surface area contributed by atoms with Crippen LogP contribution >= 0.6 is 0 Å². The highest BCUT2D eigenvalue weighted by Gasteiger charge is 2.04. The van der Waals surface area contributed by atoms with Crippen molar-refractivity contribution in [3.8, 4) is 0 Å². The van der Waals surface area contributed by atoms with Crippen molar-refractivity contribution in [1.29, 1.82) is 0 Å². The van der Waals surface area contributed by atoms with Crippen molar-refractivity contribution in [3.05, 3.63) is 54.1 Å². The number of Topliss-reactive ketones (excluding diaryl/α,β-unsaturated/α-hetero) is 1. The zero-order valence-electron chi connectivity index (χ0n) is 11.4. The summed E-state index contributed by atoms with van der Waals surface area (Å²) in [5.41, 5.74) is 1.90. The molecule has 0 atom stereocenters. The number of hydrogen-bond donors (Lipinski definition) is 0. The molecule has 2 heteroatoms. The van der Waals surface area contributed by atoms with Crippen LogP contribution in [0.15, 0.2) is 48.6 Å². The van der Waals surface area contributed by atoms with Gasteiger partial charge in [-0.05, 0) is 45.0 Å². The summed E-state index contributed by atoms with van der Waals surface area (Å²) in [6, 6.07) is 7.78. The van der Waals surface area contributed by atoms with Gasteiger partial charge in [0.15, 0.2) is 5.78 Å². The monoisotopic (exact) mass is 243 g/mol. The minimum Gasteiger partial charge on any atom is -0.364 e. The highest BCUT2D eigenvalue weighted by molar-refractivity contribution is 5.94. The van der Waals surface area contributed by atoms with Gasteiger partial charge in [-0.1, -0.05) is 24.3 Å². The number of anilines is 1. The molecular weight excluding hydrogens is 222 g/mol. The Morgan fingerprint density at radius 1 is 1.06 bits per heavy atom. The number of rotatable bonds is 6. The van der Waals surface area contributed by atoms with Gasteiger partial charge in [0.25, 0.3) is 0 Å². The first-order valence-electron chi connectivity index (χ1n) is 6.27. The fraction of sp³-hybridized carbons (Fsp3) is 0.312. The van der Waals surface area contributed by atoms with E-state index < -0.39 is 0 Å². The Morgan fingerprint density at radius 2 is 1.56 bits per heavy atom. The number of benzene rings is 1. The predicted molar refractivity (Wildman–Crippen MR) is 78.3 cm³/mol. The summed E-state index contributed by atoms with van der Waals surface area (Å²) in [4.78, 5) is 13.5. The van der Waals surface area contributed by atoms with Crippen molar-refractivity contribution in [1.82, 2.24) is 0 Å². The summed E-state index contributed by atoms with van der Waals surface area (Å²) >= 11 is 0. The highest BCUT2D eigenvalue weighted by Crippen LogP contribution is 2.15. The Labute approximate surface area is 110 Å². The predicted octanol–water partition coefficient (Wildman–Crippen LogP) is 3.85. The molecule has 1 aromatic carbocycles. The molecule has 0 aromatic heterocycles. The minimum absolute atomic E-state index is 0.106. The molecule has 96 valence electrons. The minimum atomic E-state index is 0.106. The van der Waals surface area contributed by atoms with Gasteiger partial charge in [-0.2, -0.15) is 0 Å². The SMILES string of the molecule is C/C=C/CN(C/C=C/C)c1ccc(C(C)=O)cc1. The van der Waals surface area contributed by atoms with Gasteiger partial charge in [0.2, 0.25) is 0 Å². The molecule has 0 amide bonds. The molecule has 0 saturated heterocycles. The Morgan fingerprint density at radius 3 is 1.94 bits per heavy atom. The Hall–Kier alpha value is -1.83. The van der Waals surface area contributed by atoms with Crippen LogP contribution in [0.3, 0.4) is 0 Å². The van der Waals surface area contributed by atoms with Crippen LogP contribution in [0.2, 0.25) is 0 Å². The van der Waals surface area contributed by atoms with E-state index in [2.05, 4.69) is 17.1 Å². The lowest BCUT2D eigenvalue weighted by molar-refractivity contribution is 0.101. The third kappa shape index (κ3) is 4.21. The maximum Gasteiger partial charge on any atom is 0.159 e. The van der Waals surface area contributed by atoms with Gasteiger partial charge in [0, 0.05) is 24.3 Å². The summed E-state index contributed by atoms with van der Waals surface area (Å²) in [6.45, 7) is 7.38. The lowest BCUT2D eigenvalue weighted by Crippen LogP contribution is -2.23. The maximum absolute atomic E-state index is 11.2. The molecule has 0 aliphatic rings. The van der Waals surface area contributed by atoms with Crippen molar-refractivity contribution >= 4 is 11.5 Å². The topological polar surface area (TPSA) is 20.3 Å². The quantitative estimate of drug-likeness (QED) is 0.559. The third-order valence-electron chi connectivity index (χ3n) is 2.76. The second-order valence-electron chi connectivity index (χ2n) is 4.15. The lowest BCUT2D eigenvalue weighted by Gasteiger charge is -2.22. The van der Waals surface area contributed by atoms with Crippen LogP contribution < -0.4 is 4.90 Å². The number of allylic oxidation sites excluding steroid dienone is 2. The van der Waals surface area contributed by atoms with Crippen LogP contribution in [0.5, 0.6) is 0 Å². The molecule has 0 bridgehead atoms. The first-order chi connectivity index (χ1) is 8.69. The van der Waals surface area contributed by atoms with E-state index in [0.29, 0.717) is 0 Å². The molecule has 2 nitrogen and oxygen atoms in total. The van der Waals surface area contributed by atoms with Gasteiger partial charge < -0.3 is 4.90 Å². The van der Waals surface area contributed by atoms with Crippen LogP contribution in [-0.4, -0.2) is 18.9 Å².